The maximum Gasteiger partial charge on any atom is 0.137 e. The van der Waals surface area contributed by atoms with Crippen LogP contribution in [-0.4, -0.2) is 43.6 Å². The van der Waals surface area contributed by atoms with E-state index in [4.69, 9.17) is 28.4 Å². The lowest BCUT2D eigenvalue weighted by Crippen LogP contribution is -2.60. The molecular formula is C41H42O6S. The van der Waals surface area contributed by atoms with Gasteiger partial charge in [0.25, 0.3) is 0 Å². The van der Waals surface area contributed by atoms with E-state index in [9.17, 15) is 0 Å². The molecule has 248 valence electrons. The molecule has 0 N–H and O–H groups in total. The third-order valence-electron chi connectivity index (χ3n) is 8.15. The van der Waals surface area contributed by atoms with Crippen molar-refractivity contribution in [1.82, 2.24) is 0 Å². The number of methoxy groups -OCH3 is 1. The molecule has 1 fully saturated rings. The van der Waals surface area contributed by atoms with Crippen molar-refractivity contribution in [3.05, 3.63) is 168 Å². The quantitative estimate of drug-likeness (QED) is 0.105. The van der Waals surface area contributed by atoms with E-state index in [1.807, 2.05) is 97.1 Å². The van der Waals surface area contributed by atoms with E-state index >= 15 is 0 Å². The molecule has 1 heterocycles. The predicted octanol–water partition coefficient (Wildman–Crippen LogP) is 8.49. The molecule has 0 amide bonds. The molecule has 7 heteroatoms. The molecule has 1 aliphatic heterocycles. The van der Waals surface area contributed by atoms with Crippen LogP contribution in [0.25, 0.3) is 0 Å². The summed E-state index contributed by atoms with van der Waals surface area (Å²) in [6, 6.07) is 48.8. The zero-order valence-electron chi connectivity index (χ0n) is 27.1. The summed E-state index contributed by atoms with van der Waals surface area (Å²) in [4.78, 5) is 1.08. The lowest BCUT2D eigenvalue weighted by Gasteiger charge is -2.46. The molecule has 48 heavy (non-hydrogen) atoms. The van der Waals surface area contributed by atoms with Gasteiger partial charge in [-0.3, -0.25) is 0 Å². The molecule has 6 rings (SSSR count). The molecular weight excluding hydrogens is 621 g/mol. The van der Waals surface area contributed by atoms with Crippen LogP contribution >= 0.6 is 11.8 Å². The highest BCUT2D eigenvalue weighted by atomic mass is 32.2. The van der Waals surface area contributed by atoms with Crippen LogP contribution in [0.1, 0.15) is 22.3 Å². The van der Waals surface area contributed by atoms with Gasteiger partial charge in [-0.2, -0.15) is 0 Å². The zero-order chi connectivity index (χ0) is 32.8. The van der Waals surface area contributed by atoms with Crippen molar-refractivity contribution < 1.29 is 28.4 Å². The van der Waals surface area contributed by atoms with Crippen molar-refractivity contribution in [2.75, 3.05) is 13.7 Å². The van der Waals surface area contributed by atoms with Crippen LogP contribution < -0.4 is 4.74 Å². The SMILES string of the molecule is COc1ccc(COC2[C@@H](OCc3ccccc3)[C@@H](OCc3ccccc3)C(COCc3ccccc3)O[C@H]2Sc2ccccc2)cc1. The summed E-state index contributed by atoms with van der Waals surface area (Å²) in [7, 11) is 1.67. The van der Waals surface area contributed by atoms with Crippen LogP contribution in [0.3, 0.4) is 0 Å². The molecule has 5 atom stereocenters. The second kappa shape index (κ2) is 18.0. The van der Waals surface area contributed by atoms with Crippen LogP contribution in [0, 0.1) is 0 Å². The largest absolute Gasteiger partial charge is 0.497 e. The Bertz CT molecular complexity index is 1610. The summed E-state index contributed by atoms with van der Waals surface area (Å²) in [5, 5.41) is 0. The van der Waals surface area contributed by atoms with Gasteiger partial charge in [-0.25, -0.2) is 0 Å². The third kappa shape index (κ3) is 9.80. The van der Waals surface area contributed by atoms with E-state index in [1.54, 1.807) is 18.9 Å². The molecule has 0 saturated carbocycles. The average Bonchev–Trinajstić information content (AvgIpc) is 3.15. The summed E-state index contributed by atoms with van der Waals surface area (Å²) in [6.07, 6.45) is -1.82. The van der Waals surface area contributed by atoms with E-state index in [-0.39, 0.29) is 0 Å². The molecule has 5 aromatic rings. The number of benzene rings is 5. The lowest BCUT2D eigenvalue weighted by atomic mass is 9.98. The number of hydrogen-bond donors (Lipinski definition) is 0. The highest BCUT2D eigenvalue weighted by Gasteiger charge is 2.49. The second-order valence-corrected chi connectivity index (χ2v) is 12.8. The van der Waals surface area contributed by atoms with Gasteiger partial charge >= 0.3 is 0 Å². The molecule has 1 saturated heterocycles. The number of hydrogen-bond acceptors (Lipinski definition) is 7. The fourth-order valence-electron chi connectivity index (χ4n) is 5.62. The van der Waals surface area contributed by atoms with Crippen molar-refractivity contribution >= 4 is 11.8 Å². The molecule has 5 aromatic carbocycles. The van der Waals surface area contributed by atoms with Crippen molar-refractivity contribution in [1.29, 1.82) is 0 Å². The second-order valence-electron chi connectivity index (χ2n) is 11.6. The van der Waals surface area contributed by atoms with Gasteiger partial charge in [0.15, 0.2) is 0 Å². The topological polar surface area (TPSA) is 55.4 Å². The van der Waals surface area contributed by atoms with Crippen LogP contribution in [0.2, 0.25) is 0 Å². The Morgan fingerprint density at radius 3 is 1.50 bits per heavy atom. The van der Waals surface area contributed by atoms with Crippen LogP contribution in [0.4, 0.5) is 0 Å². The first-order chi connectivity index (χ1) is 23.7. The van der Waals surface area contributed by atoms with Gasteiger partial charge in [-0.05, 0) is 46.5 Å². The minimum absolute atomic E-state index is 0.330. The van der Waals surface area contributed by atoms with Gasteiger partial charge in [0.1, 0.15) is 35.6 Å². The first-order valence-electron chi connectivity index (χ1n) is 16.3. The zero-order valence-corrected chi connectivity index (χ0v) is 28.0. The summed E-state index contributed by atoms with van der Waals surface area (Å²) >= 11 is 1.63. The Morgan fingerprint density at radius 2 is 0.958 bits per heavy atom. The van der Waals surface area contributed by atoms with Gasteiger partial charge in [0, 0.05) is 4.90 Å². The molecule has 0 bridgehead atoms. The van der Waals surface area contributed by atoms with Crippen molar-refractivity contribution in [2.45, 2.75) is 61.2 Å². The molecule has 0 spiro atoms. The Hall–Kier alpha value is -3.95. The third-order valence-corrected chi connectivity index (χ3v) is 9.31. The van der Waals surface area contributed by atoms with Crippen LogP contribution in [0.5, 0.6) is 5.75 Å². The standard InChI is InChI=1S/C41H42O6S/c1-42-35-24-22-34(23-25-35)29-46-40-39(45-28-33-18-10-4-11-19-33)38(44-27-32-16-8-3-9-17-32)37(30-43-26-31-14-6-2-7-15-31)47-41(40)48-36-20-12-5-13-21-36/h2-25,37-41H,26-30H2,1H3/t37?,38-,39-,40?,41-/m0/s1. The van der Waals surface area contributed by atoms with E-state index < -0.39 is 29.9 Å². The number of ether oxygens (including phenoxy) is 6. The fourth-order valence-corrected chi connectivity index (χ4v) is 6.77. The average molecular weight is 663 g/mol. The summed E-state index contributed by atoms with van der Waals surface area (Å²) in [6.45, 7) is 1.97. The predicted molar refractivity (Wildman–Crippen MR) is 189 cm³/mol. The summed E-state index contributed by atoms with van der Waals surface area (Å²) in [5.41, 5.74) is 3.87. The first-order valence-corrected chi connectivity index (χ1v) is 17.2. The Labute approximate surface area is 287 Å². The highest BCUT2D eigenvalue weighted by Crippen LogP contribution is 2.38. The monoisotopic (exact) mass is 662 g/mol. The van der Waals surface area contributed by atoms with Gasteiger partial charge < -0.3 is 28.4 Å². The molecule has 2 unspecified atom stereocenters. The van der Waals surface area contributed by atoms with E-state index in [2.05, 4.69) is 48.5 Å². The van der Waals surface area contributed by atoms with Gasteiger partial charge in [0.05, 0.1) is 40.1 Å². The van der Waals surface area contributed by atoms with Gasteiger partial charge in [-0.1, -0.05) is 133 Å². The highest BCUT2D eigenvalue weighted by molar-refractivity contribution is 7.99. The summed E-state index contributed by atoms with van der Waals surface area (Å²) < 4.78 is 39.0. The van der Waals surface area contributed by atoms with E-state index in [1.165, 1.54) is 0 Å². The van der Waals surface area contributed by atoms with Crippen molar-refractivity contribution in [2.24, 2.45) is 0 Å². The summed E-state index contributed by atoms with van der Waals surface area (Å²) in [5.74, 6) is 0.800. The Morgan fingerprint density at radius 1 is 0.500 bits per heavy atom. The van der Waals surface area contributed by atoms with Crippen LogP contribution in [0.15, 0.2) is 150 Å². The molecule has 0 radical (unpaired) electrons. The molecule has 0 aliphatic carbocycles. The number of thioether (sulfide) groups is 1. The van der Waals surface area contributed by atoms with Crippen LogP contribution in [-0.2, 0) is 50.1 Å². The first kappa shape index (κ1) is 33.9. The fraction of sp³-hybridized carbons (Fsp3) is 0.268. The molecule has 6 nitrogen and oxygen atoms in total. The maximum atomic E-state index is 6.94. The van der Waals surface area contributed by atoms with E-state index in [0.717, 1.165) is 32.9 Å². The van der Waals surface area contributed by atoms with E-state index in [0.29, 0.717) is 33.0 Å². The lowest BCUT2D eigenvalue weighted by molar-refractivity contribution is -0.254. The van der Waals surface area contributed by atoms with Crippen molar-refractivity contribution in [3.8, 4) is 5.75 Å². The van der Waals surface area contributed by atoms with Gasteiger partial charge in [0.2, 0.25) is 0 Å². The van der Waals surface area contributed by atoms with Gasteiger partial charge in [-0.15, -0.1) is 0 Å². The Balaban J connectivity index is 1.31. The molecule has 0 aromatic heterocycles. The minimum atomic E-state index is -0.474. The smallest absolute Gasteiger partial charge is 0.137 e. The minimum Gasteiger partial charge on any atom is -0.497 e. The number of rotatable bonds is 16. The normalized spacial score (nSPS) is 20.7. The molecule has 1 aliphatic rings. The van der Waals surface area contributed by atoms with Crippen molar-refractivity contribution in [3.63, 3.8) is 0 Å². The Kier molecular flexibility index (Phi) is 12.7. The maximum absolute atomic E-state index is 6.94.